The number of rotatable bonds is 2. The first-order chi connectivity index (χ1) is 25.2. The molecule has 6 aromatic rings. The molecule has 10 nitrogen and oxygen atoms in total. The zero-order valence-corrected chi connectivity index (χ0v) is 29.5. The smallest absolute Gasteiger partial charge is 0.246 e. The van der Waals surface area contributed by atoms with Crippen molar-refractivity contribution in [3.8, 4) is 33.9 Å². The fourth-order valence-corrected chi connectivity index (χ4v) is 8.85. The third-order valence-corrected chi connectivity index (χ3v) is 11.5. The zero-order chi connectivity index (χ0) is 35.9. The maximum atomic E-state index is 16.4. The van der Waals surface area contributed by atoms with Crippen LogP contribution in [0.15, 0.2) is 72.8 Å². The Morgan fingerprint density at radius 3 is 2.75 bits per heavy atom. The van der Waals surface area contributed by atoms with Crippen LogP contribution in [0.4, 0.5) is 8.78 Å². The van der Waals surface area contributed by atoms with Crippen LogP contribution in [0.25, 0.3) is 43.4 Å². The van der Waals surface area contributed by atoms with Gasteiger partial charge in [0.15, 0.2) is 5.60 Å². The van der Waals surface area contributed by atoms with E-state index in [1.807, 2.05) is 67.4 Å². The summed E-state index contributed by atoms with van der Waals surface area (Å²) in [4.78, 5) is 20.1. The number of hydrogen-bond acceptors (Lipinski definition) is 8. The number of halogens is 2. The minimum atomic E-state index is -1.40. The maximum absolute atomic E-state index is 16.4. The number of hydrogen-bond donors (Lipinski definition) is 0. The number of amides is 1. The molecule has 0 N–H and O–H groups in total. The normalized spacial score (nSPS) is 21.8. The quantitative estimate of drug-likeness (QED) is 0.137. The molecule has 0 saturated heterocycles. The molecule has 3 atom stereocenters. The van der Waals surface area contributed by atoms with Crippen LogP contribution in [0.1, 0.15) is 37.0 Å². The van der Waals surface area contributed by atoms with E-state index in [2.05, 4.69) is 11.7 Å². The van der Waals surface area contributed by atoms with E-state index in [0.717, 1.165) is 38.3 Å². The van der Waals surface area contributed by atoms with Gasteiger partial charge in [-0.2, -0.15) is 10.2 Å². The molecule has 52 heavy (non-hydrogen) atoms. The summed E-state index contributed by atoms with van der Waals surface area (Å²) >= 11 is 1.43. The molecule has 7 heterocycles. The standard InChI is InChI=1S/C39H34F2N6O4S/c1-5-33(48)46-9-10-47-28(22(46)3)18-32(44-47)39-21(2)20-50-31-16-24(40)15-27(41)34(31)35-37-25(8-13-52-37)36(43-38(35)39)26-14-23-19-42-45(4)29(23)17-30(26)49-11-6-7-12-51-39/h5-8,13-19,21-22H,1,9-12,20H2,2-4H3/b7-6+/t21-,22-,39?/m0/s1. The number of nitrogens with zero attached hydrogens (tertiary/aromatic N) is 6. The van der Waals surface area contributed by atoms with Gasteiger partial charge in [0, 0.05) is 64.3 Å². The van der Waals surface area contributed by atoms with E-state index in [0.29, 0.717) is 41.5 Å². The van der Waals surface area contributed by atoms with Crippen molar-refractivity contribution in [3.05, 3.63) is 101 Å². The topological polar surface area (TPSA) is 96.5 Å². The Hall–Kier alpha value is -5.40. The number of fused-ring (bicyclic) bond motifs is 10. The molecule has 0 aliphatic carbocycles. The van der Waals surface area contributed by atoms with Crippen LogP contribution in [-0.2, 0) is 28.7 Å². The molecule has 0 saturated carbocycles. The Balaban J connectivity index is 1.41. The van der Waals surface area contributed by atoms with Gasteiger partial charge < -0.3 is 19.1 Å². The summed E-state index contributed by atoms with van der Waals surface area (Å²) in [7, 11) is 1.88. The molecule has 2 bridgehead atoms. The maximum Gasteiger partial charge on any atom is 0.246 e. The molecule has 1 amide bonds. The Morgan fingerprint density at radius 1 is 1.06 bits per heavy atom. The third kappa shape index (κ3) is 4.75. The Kier molecular flexibility index (Phi) is 7.56. The molecule has 3 aliphatic heterocycles. The summed E-state index contributed by atoms with van der Waals surface area (Å²) < 4.78 is 55.4. The monoisotopic (exact) mass is 720 g/mol. The second kappa shape index (κ2) is 12.1. The summed E-state index contributed by atoms with van der Waals surface area (Å²) in [6, 6.07) is 9.69. The van der Waals surface area contributed by atoms with E-state index in [-0.39, 0.29) is 43.1 Å². The predicted molar refractivity (Wildman–Crippen MR) is 193 cm³/mol. The summed E-state index contributed by atoms with van der Waals surface area (Å²) in [5.74, 6) is -1.46. The third-order valence-electron chi connectivity index (χ3n) is 10.5. The van der Waals surface area contributed by atoms with E-state index in [1.54, 1.807) is 15.8 Å². The van der Waals surface area contributed by atoms with Gasteiger partial charge in [-0.25, -0.2) is 13.8 Å². The zero-order valence-electron chi connectivity index (χ0n) is 28.7. The average molecular weight is 721 g/mol. The Morgan fingerprint density at radius 2 is 1.90 bits per heavy atom. The van der Waals surface area contributed by atoms with Gasteiger partial charge in [0.25, 0.3) is 0 Å². The number of carbonyl (C=O) groups is 1. The largest absolute Gasteiger partial charge is 0.492 e. The van der Waals surface area contributed by atoms with Crippen molar-refractivity contribution in [2.75, 3.05) is 26.4 Å². The van der Waals surface area contributed by atoms with Gasteiger partial charge in [0.1, 0.15) is 35.4 Å². The van der Waals surface area contributed by atoms with Gasteiger partial charge >= 0.3 is 0 Å². The van der Waals surface area contributed by atoms with Crippen molar-refractivity contribution in [1.29, 1.82) is 0 Å². The molecule has 0 fully saturated rings. The van der Waals surface area contributed by atoms with Crippen LogP contribution in [0.5, 0.6) is 11.5 Å². The molecule has 1 unspecified atom stereocenters. The lowest BCUT2D eigenvalue weighted by molar-refractivity contribution is -0.129. The van der Waals surface area contributed by atoms with Gasteiger partial charge in [-0.15, -0.1) is 11.3 Å². The molecule has 9 rings (SSSR count). The minimum absolute atomic E-state index is 0.0351. The number of ether oxygens (including phenoxy) is 3. The number of aryl methyl sites for hydroxylation is 1. The van der Waals surface area contributed by atoms with Crippen LogP contribution in [0.3, 0.4) is 0 Å². The lowest BCUT2D eigenvalue weighted by atomic mass is 9.77. The number of aromatic nitrogens is 5. The first kappa shape index (κ1) is 32.5. The highest BCUT2D eigenvalue weighted by atomic mass is 32.1. The van der Waals surface area contributed by atoms with E-state index in [9.17, 15) is 9.18 Å². The number of carbonyl (C=O) groups excluding carboxylic acids is 1. The van der Waals surface area contributed by atoms with Crippen molar-refractivity contribution in [1.82, 2.24) is 29.4 Å². The number of benzene rings is 2. The van der Waals surface area contributed by atoms with Gasteiger partial charge in [-0.05, 0) is 42.7 Å². The van der Waals surface area contributed by atoms with Crippen molar-refractivity contribution < 1.29 is 27.8 Å². The molecular formula is C39H34F2N6O4S. The molecule has 2 aromatic carbocycles. The fourth-order valence-electron chi connectivity index (χ4n) is 7.90. The van der Waals surface area contributed by atoms with Crippen LogP contribution < -0.4 is 9.47 Å². The van der Waals surface area contributed by atoms with Crippen molar-refractivity contribution in [2.24, 2.45) is 13.0 Å². The summed E-state index contributed by atoms with van der Waals surface area (Å²) in [6.07, 6.45) is 6.90. The summed E-state index contributed by atoms with van der Waals surface area (Å²) in [5.41, 5.74) is 3.18. The predicted octanol–water partition coefficient (Wildman–Crippen LogP) is 7.32. The highest BCUT2D eigenvalue weighted by Gasteiger charge is 2.50. The van der Waals surface area contributed by atoms with E-state index >= 15 is 4.39 Å². The van der Waals surface area contributed by atoms with Crippen LogP contribution in [0, 0.1) is 17.6 Å². The lowest BCUT2D eigenvalue weighted by Crippen LogP contribution is -2.44. The minimum Gasteiger partial charge on any atom is -0.492 e. The Bertz CT molecular complexity index is 2490. The molecule has 264 valence electrons. The Labute approximate surface area is 301 Å². The number of pyridine rings is 1. The van der Waals surface area contributed by atoms with Gasteiger partial charge in [-0.3, -0.25) is 14.2 Å². The molecule has 0 radical (unpaired) electrons. The highest BCUT2D eigenvalue weighted by molar-refractivity contribution is 7.17. The number of thiophene rings is 1. The van der Waals surface area contributed by atoms with Gasteiger partial charge in [0.2, 0.25) is 5.91 Å². The first-order valence-electron chi connectivity index (χ1n) is 17.1. The lowest BCUT2D eigenvalue weighted by Gasteiger charge is -2.40. The van der Waals surface area contributed by atoms with Crippen molar-refractivity contribution in [2.45, 2.75) is 32.0 Å². The second-order valence-electron chi connectivity index (χ2n) is 13.4. The molecule has 3 aliphatic rings. The molecule has 13 heteroatoms. The summed E-state index contributed by atoms with van der Waals surface area (Å²) in [5, 5.41) is 13.3. The van der Waals surface area contributed by atoms with Crippen molar-refractivity contribution in [3.63, 3.8) is 0 Å². The highest BCUT2D eigenvalue weighted by Crippen LogP contribution is 2.54. The van der Waals surface area contributed by atoms with E-state index < -0.39 is 23.2 Å². The summed E-state index contributed by atoms with van der Waals surface area (Å²) in [6.45, 7) is 8.99. The van der Waals surface area contributed by atoms with E-state index in [4.69, 9.17) is 24.3 Å². The first-order valence-corrected chi connectivity index (χ1v) is 18.0. The van der Waals surface area contributed by atoms with Crippen LogP contribution in [-0.4, -0.2) is 61.7 Å². The average Bonchev–Trinajstić information content (AvgIpc) is 3.88. The van der Waals surface area contributed by atoms with E-state index in [1.165, 1.54) is 23.5 Å². The van der Waals surface area contributed by atoms with Crippen LogP contribution in [0.2, 0.25) is 0 Å². The molecule has 0 spiro atoms. The molecule has 4 aromatic heterocycles. The van der Waals surface area contributed by atoms with Crippen LogP contribution >= 0.6 is 11.3 Å². The second-order valence-corrected chi connectivity index (χ2v) is 14.3. The SMILES string of the molecule is C=CC(=O)N1CCn2nc(C34OC/C=C/COc5cc6c(cnn6C)cc5-c5nc3c(c3sccc53)-c3c(F)cc(F)cc3OC[C@@H]4C)cc2[C@@H]1C. The van der Waals surface area contributed by atoms with Gasteiger partial charge in [-0.1, -0.05) is 19.6 Å². The van der Waals surface area contributed by atoms with Gasteiger partial charge in [0.05, 0.1) is 60.2 Å². The molecular weight excluding hydrogens is 687 g/mol. The van der Waals surface area contributed by atoms with Crippen molar-refractivity contribution >= 4 is 38.2 Å². The fraction of sp³-hybridized carbons (Fsp3) is 0.282.